The van der Waals surface area contributed by atoms with Gasteiger partial charge < -0.3 is 5.32 Å². The van der Waals surface area contributed by atoms with Crippen molar-refractivity contribution in [1.29, 1.82) is 0 Å². The number of alkyl halides is 3. The average molecular weight is 326 g/mol. The molecule has 0 aromatic rings. The van der Waals surface area contributed by atoms with Gasteiger partial charge in [-0.25, -0.2) is 8.78 Å². The molecule has 0 aliphatic heterocycles. The Labute approximate surface area is 116 Å². The Bertz CT molecular complexity index is 264. The van der Waals surface area contributed by atoms with Crippen LogP contribution < -0.4 is 5.32 Å². The summed E-state index contributed by atoms with van der Waals surface area (Å²) in [4.78, 5) is 11.8. The zero-order chi connectivity index (χ0) is 13.6. The minimum atomic E-state index is -2.55. The molecule has 1 aliphatic carbocycles. The monoisotopic (exact) mass is 325 g/mol. The molecule has 1 amide bonds. The van der Waals surface area contributed by atoms with Crippen LogP contribution in [0.1, 0.15) is 45.4 Å². The van der Waals surface area contributed by atoms with Crippen molar-refractivity contribution in [3.05, 3.63) is 0 Å². The Morgan fingerprint density at radius 3 is 2.61 bits per heavy atom. The summed E-state index contributed by atoms with van der Waals surface area (Å²) in [6.07, 6.45) is 2.35. The Morgan fingerprint density at radius 2 is 2.06 bits per heavy atom. The van der Waals surface area contributed by atoms with E-state index in [-0.39, 0.29) is 24.7 Å². The highest BCUT2D eigenvalue weighted by Gasteiger charge is 2.37. The molecule has 1 N–H and O–H groups in total. The van der Waals surface area contributed by atoms with Crippen molar-refractivity contribution < 1.29 is 13.6 Å². The lowest BCUT2D eigenvalue weighted by molar-refractivity contribution is -0.129. The third-order valence-electron chi connectivity index (χ3n) is 3.52. The molecule has 0 aromatic heterocycles. The first kappa shape index (κ1) is 15.9. The van der Waals surface area contributed by atoms with Crippen LogP contribution in [0.4, 0.5) is 8.78 Å². The number of carbonyl (C=O) groups is 1. The molecular weight excluding hydrogens is 304 g/mol. The molecule has 1 fully saturated rings. The summed E-state index contributed by atoms with van der Waals surface area (Å²) in [5, 5.41) is 3.83. The quantitative estimate of drug-likeness (QED) is 0.585. The van der Waals surface area contributed by atoms with Crippen LogP contribution in [0.3, 0.4) is 0 Å². The molecule has 0 heterocycles. The molecule has 5 heteroatoms. The van der Waals surface area contributed by atoms with E-state index >= 15 is 0 Å². The van der Waals surface area contributed by atoms with Crippen molar-refractivity contribution in [3.63, 3.8) is 0 Å². The summed E-state index contributed by atoms with van der Waals surface area (Å²) in [7, 11) is 0. The normalized spacial score (nSPS) is 21.6. The van der Waals surface area contributed by atoms with Crippen molar-refractivity contribution in [2.24, 2.45) is 11.8 Å². The van der Waals surface area contributed by atoms with Crippen LogP contribution in [-0.4, -0.2) is 23.7 Å². The largest absolute Gasteiger partial charge is 0.356 e. The van der Waals surface area contributed by atoms with E-state index in [1.165, 1.54) is 0 Å². The second-order valence-electron chi connectivity index (χ2n) is 5.32. The van der Waals surface area contributed by atoms with E-state index in [1.54, 1.807) is 0 Å². The predicted molar refractivity (Wildman–Crippen MR) is 72.1 cm³/mol. The van der Waals surface area contributed by atoms with Crippen LogP contribution in [0.15, 0.2) is 0 Å². The summed E-state index contributed by atoms with van der Waals surface area (Å²) in [5.41, 5.74) is 0. The molecule has 0 bridgehead atoms. The van der Waals surface area contributed by atoms with Gasteiger partial charge in [0.05, 0.1) is 0 Å². The summed E-state index contributed by atoms with van der Waals surface area (Å²) in [6.45, 7) is 2.81. The fourth-order valence-electron chi connectivity index (χ4n) is 2.19. The minimum absolute atomic E-state index is 0.0444. The van der Waals surface area contributed by atoms with Gasteiger partial charge in [0.1, 0.15) is 0 Å². The highest BCUT2D eigenvalue weighted by Crippen LogP contribution is 2.36. The lowest BCUT2D eigenvalue weighted by Crippen LogP contribution is -2.36. The molecule has 1 aliphatic rings. The van der Waals surface area contributed by atoms with Crippen LogP contribution in [0.25, 0.3) is 0 Å². The highest BCUT2D eigenvalue weighted by atomic mass is 79.9. The lowest BCUT2D eigenvalue weighted by atomic mass is 9.86. The molecule has 1 atom stereocenters. The van der Waals surface area contributed by atoms with Crippen molar-refractivity contribution in [3.8, 4) is 0 Å². The zero-order valence-electron chi connectivity index (χ0n) is 10.9. The van der Waals surface area contributed by atoms with E-state index in [0.717, 1.165) is 18.2 Å². The van der Waals surface area contributed by atoms with E-state index in [4.69, 9.17) is 0 Å². The lowest BCUT2D eigenvalue weighted by Gasteiger charge is -2.27. The number of nitrogens with one attached hydrogen (secondary N) is 1. The number of hydrogen-bond acceptors (Lipinski definition) is 1. The van der Waals surface area contributed by atoms with Gasteiger partial charge in [-0.2, -0.15) is 0 Å². The van der Waals surface area contributed by atoms with E-state index in [2.05, 4.69) is 28.2 Å². The fraction of sp³-hybridized carbons (Fsp3) is 0.923. The van der Waals surface area contributed by atoms with Gasteiger partial charge in [-0.3, -0.25) is 4.79 Å². The van der Waals surface area contributed by atoms with Crippen LogP contribution in [0, 0.1) is 11.8 Å². The van der Waals surface area contributed by atoms with Gasteiger partial charge >= 0.3 is 0 Å². The zero-order valence-corrected chi connectivity index (χ0v) is 12.4. The van der Waals surface area contributed by atoms with Crippen LogP contribution in [0.2, 0.25) is 0 Å². The molecule has 1 rings (SSSR count). The third-order valence-corrected chi connectivity index (χ3v) is 4.63. The Balaban J connectivity index is 2.14. The van der Waals surface area contributed by atoms with Gasteiger partial charge in [0.2, 0.25) is 11.8 Å². The van der Waals surface area contributed by atoms with Gasteiger partial charge in [-0.15, -0.1) is 0 Å². The molecule has 2 nitrogen and oxygen atoms in total. The summed E-state index contributed by atoms with van der Waals surface area (Å²) in [6, 6.07) is 0. The number of amides is 1. The van der Waals surface area contributed by atoms with Gasteiger partial charge in [0.25, 0.3) is 0 Å². The molecule has 106 valence electrons. The van der Waals surface area contributed by atoms with Crippen molar-refractivity contribution >= 4 is 21.8 Å². The van der Waals surface area contributed by atoms with Crippen molar-refractivity contribution in [2.45, 2.75) is 51.4 Å². The van der Waals surface area contributed by atoms with Crippen LogP contribution >= 0.6 is 15.9 Å². The molecule has 0 saturated heterocycles. The SMILES string of the molecule is CC(CBr)CCCNC(=O)C1CCC(F)(F)CC1. The first-order chi connectivity index (χ1) is 8.44. The average Bonchev–Trinajstić information content (AvgIpc) is 2.33. The van der Waals surface area contributed by atoms with Crippen LogP contribution in [0.5, 0.6) is 0 Å². The second kappa shape index (κ2) is 7.41. The number of halogens is 3. The first-order valence-electron chi connectivity index (χ1n) is 6.66. The second-order valence-corrected chi connectivity index (χ2v) is 5.97. The number of rotatable bonds is 6. The smallest absolute Gasteiger partial charge is 0.248 e. The Kier molecular flexibility index (Phi) is 6.53. The van der Waals surface area contributed by atoms with E-state index in [9.17, 15) is 13.6 Å². The highest BCUT2D eigenvalue weighted by molar-refractivity contribution is 9.09. The summed E-state index contributed by atoms with van der Waals surface area (Å²) >= 11 is 3.41. The Morgan fingerprint density at radius 1 is 1.44 bits per heavy atom. The standard InChI is InChI=1S/C13H22BrF2NO/c1-10(9-14)3-2-8-17-12(18)11-4-6-13(15,16)7-5-11/h10-11H,2-9H2,1H3,(H,17,18). The Hall–Kier alpha value is -0.190. The minimum Gasteiger partial charge on any atom is -0.356 e. The maximum absolute atomic E-state index is 12.9. The number of carbonyl (C=O) groups excluding carboxylic acids is 1. The summed E-state index contributed by atoms with van der Waals surface area (Å²) in [5.74, 6) is -2.20. The van der Waals surface area contributed by atoms with Gasteiger partial charge in [-0.1, -0.05) is 22.9 Å². The predicted octanol–water partition coefficient (Wildman–Crippen LogP) is 3.74. The van der Waals surface area contributed by atoms with E-state index in [1.807, 2.05) is 0 Å². The van der Waals surface area contributed by atoms with Crippen LogP contribution in [-0.2, 0) is 4.79 Å². The van der Waals surface area contributed by atoms with E-state index < -0.39 is 5.92 Å². The summed E-state index contributed by atoms with van der Waals surface area (Å²) < 4.78 is 25.9. The first-order valence-corrected chi connectivity index (χ1v) is 7.78. The fourth-order valence-corrected chi connectivity index (χ4v) is 2.51. The molecular formula is C13H22BrF2NO. The molecule has 1 unspecified atom stereocenters. The molecule has 18 heavy (non-hydrogen) atoms. The van der Waals surface area contributed by atoms with E-state index in [0.29, 0.717) is 25.3 Å². The maximum atomic E-state index is 12.9. The maximum Gasteiger partial charge on any atom is 0.248 e. The van der Waals surface area contributed by atoms with Gasteiger partial charge in [-0.05, 0) is 31.6 Å². The molecule has 0 radical (unpaired) electrons. The van der Waals surface area contributed by atoms with Gasteiger partial charge in [0.15, 0.2) is 0 Å². The number of hydrogen-bond donors (Lipinski definition) is 1. The molecule has 0 aromatic carbocycles. The van der Waals surface area contributed by atoms with Crippen molar-refractivity contribution in [1.82, 2.24) is 5.32 Å². The topological polar surface area (TPSA) is 29.1 Å². The van der Waals surface area contributed by atoms with Gasteiger partial charge in [0, 0.05) is 30.6 Å². The molecule has 1 saturated carbocycles. The molecule has 0 spiro atoms. The van der Waals surface area contributed by atoms with Crippen molar-refractivity contribution in [2.75, 3.05) is 11.9 Å². The third kappa shape index (κ3) is 5.63.